The smallest absolute Gasteiger partial charge is 0.232 e. The molecule has 1 unspecified atom stereocenters. The van der Waals surface area contributed by atoms with Crippen molar-refractivity contribution in [3.05, 3.63) is 22.4 Å². The average Bonchev–Trinajstić information content (AvgIpc) is 3.00. The van der Waals surface area contributed by atoms with Crippen LogP contribution in [0.3, 0.4) is 0 Å². The number of nitrogens with zero attached hydrogens (tertiary/aromatic N) is 5. The lowest BCUT2D eigenvalue weighted by Crippen LogP contribution is -2.28. The zero-order valence-electron chi connectivity index (χ0n) is 12.9. The third-order valence-corrected chi connectivity index (χ3v) is 4.57. The van der Waals surface area contributed by atoms with Gasteiger partial charge < -0.3 is 15.5 Å². The van der Waals surface area contributed by atoms with Gasteiger partial charge in [0, 0.05) is 25.0 Å². The van der Waals surface area contributed by atoms with E-state index < -0.39 is 0 Å². The maximum Gasteiger partial charge on any atom is 0.232 e. The Balaban J connectivity index is 2.30. The molecule has 2 heterocycles. The molecule has 0 spiro atoms. The zero-order valence-corrected chi connectivity index (χ0v) is 13.8. The van der Waals surface area contributed by atoms with E-state index in [4.69, 9.17) is 5.73 Å². The van der Waals surface area contributed by atoms with Crippen LogP contribution < -0.4 is 15.5 Å². The van der Waals surface area contributed by atoms with E-state index in [9.17, 15) is 0 Å². The van der Waals surface area contributed by atoms with Crippen molar-refractivity contribution in [2.45, 2.75) is 26.8 Å². The van der Waals surface area contributed by atoms with E-state index in [2.05, 4.69) is 52.1 Å². The molecular formula is C14H22N6S. The molecule has 0 fully saturated rings. The number of thiophene rings is 1. The van der Waals surface area contributed by atoms with Crippen molar-refractivity contribution in [2.75, 3.05) is 35.7 Å². The summed E-state index contributed by atoms with van der Waals surface area (Å²) in [6.45, 7) is 7.94. The molecule has 0 bridgehead atoms. The molecule has 0 amide bonds. The fourth-order valence-corrected chi connectivity index (χ4v) is 2.89. The first kappa shape index (κ1) is 15.5. The number of nitrogen functional groups attached to an aromatic ring is 1. The summed E-state index contributed by atoms with van der Waals surface area (Å²) in [5.41, 5.74) is 5.85. The van der Waals surface area contributed by atoms with Gasteiger partial charge in [0.1, 0.15) is 0 Å². The van der Waals surface area contributed by atoms with Crippen molar-refractivity contribution in [3.63, 3.8) is 0 Å². The van der Waals surface area contributed by atoms with Crippen molar-refractivity contribution in [2.24, 2.45) is 0 Å². The Morgan fingerprint density at radius 2 is 1.86 bits per heavy atom. The summed E-state index contributed by atoms with van der Waals surface area (Å²) in [7, 11) is 1.98. The minimum Gasteiger partial charge on any atom is -0.368 e. The maximum absolute atomic E-state index is 5.85. The van der Waals surface area contributed by atoms with Crippen LogP contribution in [-0.2, 0) is 0 Å². The number of rotatable bonds is 6. The molecule has 0 aliphatic heterocycles. The standard InChI is InChI=1S/C14H22N6S/c1-5-20(6-2)14-17-12(15)16-13(18-14)19(4)10(3)11-8-7-9-21-11/h7-10H,5-6H2,1-4H3,(H2,15,16,17,18). The van der Waals surface area contributed by atoms with Crippen LogP contribution in [0.1, 0.15) is 31.7 Å². The largest absolute Gasteiger partial charge is 0.368 e. The first-order valence-electron chi connectivity index (χ1n) is 7.09. The molecule has 114 valence electrons. The minimum atomic E-state index is 0.191. The molecule has 2 aromatic rings. The Morgan fingerprint density at radius 3 is 2.43 bits per heavy atom. The van der Waals surface area contributed by atoms with E-state index in [0.29, 0.717) is 11.9 Å². The summed E-state index contributed by atoms with van der Waals surface area (Å²) < 4.78 is 0. The summed E-state index contributed by atoms with van der Waals surface area (Å²) >= 11 is 1.72. The Labute approximate surface area is 129 Å². The predicted molar refractivity (Wildman–Crippen MR) is 88.9 cm³/mol. The first-order chi connectivity index (χ1) is 10.1. The molecule has 0 aromatic carbocycles. The van der Waals surface area contributed by atoms with E-state index in [1.54, 1.807) is 11.3 Å². The third-order valence-electron chi connectivity index (χ3n) is 3.53. The second-order valence-electron chi connectivity index (χ2n) is 4.77. The average molecular weight is 306 g/mol. The van der Waals surface area contributed by atoms with Crippen LogP contribution >= 0.6 is 11.3 Å². The number of aromatic nitrogens is 3. The number of hydrogen-bond donors (Lipinski definition) is 1. The molecule has 2 aromatic heterocycles. The highest BCUT2D eigenvalue weighted by atomic mass is 32.1. The lowest BCUT2D eigenvalue weighted by molar-refractivity contribution is 0.718. The van der Waals surface area contributed by atoms with Gasteiger partial charge in [-0.05, 0) is 32.2 Å². The van der Waals surface area contributed by atoms with Gasteiger partial charge in [0.15, 0.2) is 0 Å². The summed E-state index contributed by atoms with van der Waals surface area (Å²) in [5.74, 6) is 1.49. The van der Waals surface area contributed by atoms with Gasteiger partial charge in [-0.15, -0.1) is 11.3 Å². The number of nitrogens with two attached hydrogens (primary N) is 1. The molecule has 2 N–H and O–H groups in total. The van der Waals surface area contributed by atoms with Crippen LogP contribution in [0.15, 0.2) is 17.5 Å². The second-order valence-corrected chi connectivity index (χ2v) is 5.75. The van der Waals surface area contributed by atoms with Crippen LogP contribution in [0.4, 0.5) is 17.8 Å². The Bertz CT molecular complexity index is 567. The van der Waals surface area contributed by atoms with Gasteiger partial charge in [-0.2, -0.15) is 15.0 Å². The summed E-state index contributed by atoms with van der Waals surface area (Å²) in [6, 6.07) is 4.35. The van der Waals surface area contributed by atoms with Crippen LogP contribution in [0.25, 0.3) is 0 Å². The van der Waals surface area contributed by atoms with Gasteiger partial charge in [0.2, 0.25) is 17.8 Å². The van der Waals surface area contributed by atoms with Crippen molar-refractivity contribution < 1.29 is 0 Å². The SMILES string of the molecule is CCN(CC)c1nc(N)nc(N(C)C(C)c2cccs2)n1. The second kappa shape index (κ2) is 6.71. The summed E-state index contributed by atoms with van der Waals surface area (Å²) in [4.78, 5) is 18.4. The minimum absolute atomic E-state index is 0.191. The van der Waals surface area contributed by atoms with Gasteiger partial charge in [-0.3, -0.25) is 0 Å². The predicted octanol–water partition coefficient (Wildman–Crippen LogP) is 2.56. The van der Waals surface area contributed by atoms with Crippen LogP contribution in [0.5, 0.6) is 0 Å². The highest BCUT2D eigenvalue weighted by Gasteiger charge is 2.18. The molecule has 0 saturated heterocycles. The molecule has 0 radical (unpaired) electrons. The lowest BCUT2D eigenvalue weighted by atomic mass is 10.2. The number of hydrogen-bond acceptors (Lipinski definition) is 7. The highest BCUT2D eigenvalue weighted by molar-refractivity contribution is 7.10. The van der Waals surface area contributed by atoms with Crippen molar-refractivity contribution in [1.82, 2.24) is 15.0 Å². The first-order valence-corrected chi connectivity index (χ1v) is 7.97. The molecule has 2 rings (SSSR count). The monoisotopic (exact) mass is 306 g/mol. The maximum atomic E-state index is 5.85. The van der Waals surface area contributed by atoms with E-state index in [1.807, 2.05) is 18.0 Å². The molecule has 21 heavy (non-hydrogen) atoms. The highest BCUT2D eigenvalue weighted by Crippen LogP contribution is 2.27. The van der Waals surface area contributed by atoms with E-state index in [-0.39, 0.29) is 12.0 Å². The molecule has 7 heteroatoms. The third kappa shape index (κ3) is 3.41. The van der Waals surface area contributed by atoms with E-state index in [0.717, 1.165) is 13.1 Å². The fraction of sp³-hybridized carbons (Fsp3) is 0.500. The molecule has 0 aliphatic rings. The van der Waals surface area contributed by atoms with Gasteiger partial charge >= 0.3 is 0 Å². The van der Waals surface area contributed by atoms with Gasteiger partial charge in [0.05, 0.1) is 6.04 Å². The van der Waals surface area contributed by atoms with E-state index >= 15 is 0 Å². The molecule has 1 atom stereocenters. The zero-order chi connectivity index (χ0) is 15.4. The van der Waals surface area contributed by atoms with Crippen LogP contribution in [0.2, 0.25) is 0 Å². The number of anilines is 3. The lowest BCUT2D eigenvalue weighted by Gasteiger charge is -2.26. The quantitative estimate of drug-likeness (QED) is 0.884. The van der Waals surface area contributed by atoms with Crippen molar-refractivity contribution in [1.29, 1.82) is 0 Å². The van der Waals surface area contributed by atoms with Gasteiger partial charge in [0.25, 0.3) is 0 Å². The van der Waals surface area contributed by atoms with E-state index in [1.165, 1.54) is 4.88 Å². The molecular weight excluding hydrogens is 284 g/mol. The molecule has 0 saturated carbocycles. The van der Waals surface area contributed by atoms with Crippen LogP contribution in [-0.4, -0.2) is 35.1 Å². The topological polar surface area (TPSA) is 71.2 Å². The summed E-state index contributed by atoms with van der Waals surface area (Å²) in [5, 5.41) is 2.07. The Hall–Kier alpha value is -1.89. The molecule has 6 nitrogen and oxygen atoms in total. The van der Waals surface area contributed by atoms with Crippen LogP contribution in [0, 0.1) is 0 Å². The Morgan fingerprint density at radius 1 is 1.19 bits per heavy atom. The summed E-state index contributed by atoms with van der Waals surface area (Å²) in [6.07, 6.45) is 0. The van der Waals surface area contributed by atoms with Crippen molar-refractivity contribution in [3.8, 4) is 0 Å². The van der Waals surface area contributed by atoms with Gasteiger partial charge in [-0.25, -0.2) is 0 Å². The molecule has 0 aliphatic carbocycles. The van der Waals surface area contributed by atoms with Crippen molar-refractivity contribution >= 4 is 29.2 Å². The van der Waals surface area contributed by atoms with Gasteiger partial charge in [-0.1, -0.05) is 6.07 Å². The Kier molecular flexibility index (Phi) is 4.95. The normalized spacial score (nSPS) is 12.2. The fourth-order valence-electron chi connectivity index (χ4n) is 2.07.